The second-order valence-electron chi connectivity index (χ2n) is 4.96. The molecule has 19 heavy (non-hydrogen) atoms. The number of hydrogen-bond acceptors (Lipinski definition) is 4. The zero-order chi connectivity index (χ0) is 13.9. The molecule has 0 radical (unpaired) electrons. The van der Waals surface area contributed by atoms with Crippen molar-refractivity contribution in [3.63, 3.8) is 0 Å². The molecule has 2 aromatic rings. The highest BCUT2D eigenvalue weighted by atomic mass is 32.2. The Morgan fingerprint density at radius 2 is 2.05 bits per heavy atom. The molecule has 0 amide bonds. The molecule has 104 valence electrons. The van der Waals surface area contributed by atoms with Gasteiger partial charge < -0.3 is 4.52 Å². The lowest BCUT2D eigenvalue weighted by molar-refractivity contribution is 0.448. The van der Waals surface area contributed by atoms with Gasteiger partial charge in [0.15, 0.2) is 5.58 Å². The molecule has 0 unspecified atom stereocenters. The van der Waals surface area contributed by atoms with Crippen LogP contribution in [0.1, 0.15) is 26.0 Å². The maximum absolute atomic E-state index is 11.9. The second kappa shape index (κ2) is 5.71. The fourth-order valence-corrected chi connectivity index (χ4v) is 2.88. The van der Waals surface area contributed by atoms with Crippen LogP contribution < -0.4 is 4.72 Å². The minimum atomic E-state index is -3.36. The Bertz CT molecular complexity index is 647. The van der Waals surface area contributed by atoms with E-state index in [4.69, 9.17) is 4.52 Å². The highest BCUT2D eigenvalue weighted by Crippen LogP contribution is 2.19. The Kier molecular flexibility index (Phi) is 4.21. The molecular formula is C13H18N2O3S. The Morgan fingerprint density at radius 3 is 2.79 bits per heavy atom. The molecule has 6 heteroatoms. The number of sulfonamides is 1. The third-order valence-corrected chi connectivity index (χ3v) is 4.12. The summed E-state index contributed by atoms with van der Waals surface area (Å²) in [7, 11) is -3.36. The van der Waals surface area contributed by atoms with Crippen LogP contribution in [0.4, 0.5) is 0 Å². The van der Waals surface area contributed by atoms with E-state index in [-0.39, 0.29) is 5.75 Å². The molecule has 0 saturated heterocycles. The fourth-order valence-electron chi connectivity index (χ4n) is 1.78. The van der Waals surface area contributed by atoms with Crippen LogP contribution in [0.2, 0.25) is 0 Å². The first kappa shape index (κ1) is 14.0. The van der Waals surface area contributed by atoms with Crippen molar-refractivity contribution in [2.45, 2.75) is 26.0 Å². The van der Waals surface area contributed by atoms with E-state index in [2.05, 4.69) is 23.7 Å². The summed E-state index contributed by atoms with van der Waals surface area (Å²) in [4.78, 5) is 0. The van der Waals surface area contributed by atoms with Gasteiger partial charge in [0.2, 0.25) is 10.0 Å². The van der Waals surface area contributed by atoms with E-state index in [1.165, 1.54) is 0 Å². The van der Waals surface area contributed by atoms with Crippen molar-refractivity contribution in [2.24, 2.45) is 5.92 Å². The van der Waals surface area contributed by atoms with Gasteiger partial charge in [0, 0.05) is 11.9 Å². The largest absolute Gasteiger partial charge is 0.356 e. The molecule has 0 aliphatic carbocycles. The third kappa shape index (κ3) is 3.78. The normalized spacial score (nSPS) is 12.4. The van der Waals surface area contributed by atoms with Crippen molar-refractivity contribution in [3.8, 4) is 0 Å². The first-order chi connectivity index (χ1) is 8.98. The van der Waals surface area contributed by atoms with Crippen LogP contribution in [0.5, 0.6) is 0 Å². The van der Waals surface area contributed by atoms with Crippen molar-refractivity contribution in [1.82, 2.24) is 9.88 Å². The van der Waals surface area contributed by atoms with Gasteiger partial charge in [-0.05, 0) is 24.5 Å². The number of aromatic nitrogens is 1. The van der Waals surface area contributed by atoms with E-state index >= 15 is 0 Å². The minimum absolute atomic E-state index is 0.151. The molecule has 1 aromatic heterocycles. The number of rotatable bonds is 6. The maximum Gasteiger partial charge on any atom is 0.217 e. The monoisotopic (exact) mass is 282 g/mol. The molecule has 1 aromatic carbocycles. The first-order valence-corrected chi connectivity index (χ1v) is 7.94. The Balaban J connectivity index is 2.07. The molecule has 0 aliphatic rings. The third-order valence-electron chi connectivity index (χ3n) is 2.82. The highest BCUT2D eigenvalue weighted by Gasteiger charge is 2.16. The van der Waals surface area contributed by atoms with Gasteiger partial charge in [-0.3, -0.25) is 0 Å². The van der Waals surface area contributed by atoms with Crippen molar-refractivity contribution < 1.29 is 12.9 Å². The standard InChI is InChI=1S/C13H18N2O3S/c1-10(2)7-8-14-19(16,17)9-12-11-5-3-4-6-13(11)18-15-12/h3-6,10,14H,7-9H2,1-2H3. The predicted molar refractivity (Wildman–Crippen MR) is 74.1 cm³/mol. The van der Waals surface area contributed by atoms with Crippen molar-refractivity contribution in [1.29, 1.82) is 0 Å². The molecule has 0 atom stereocenters. The van der Waals surface area contributed by atoms with Gasteiger partial charge in [0.05, 0.1) is 0 Å². The summed E-state index contributed by atoms with van der Waals surface area (Å²) in [5.41, 5.74) is 1.06. The van der Waals surface area contributed by atoms with E-state index in [0.717, 1.165) is 11.8 Å². The summed E-state index contributed by atoms with van der Waals surface area (Å²) in [6.07, 6.45) is 0.818. The zero-order valence-corrected chi connectivity index (χ0v) is 11.9. The van der Waals surface area contributed by atoms with Crippen LogP contribution in [-0.2, 0) is 15.8 Å². The van der Waals surface area contributed by atoms with E-state index in [0.29, 0.717) is 23.7 Å². The lowest BCUT2D eigenvalue weighted by atomic mass is 10.1. The summed E-state index contributed by atoms with van der Waals surface area (Å²) in [5.74, 6) is 0.317. The summed E-state index contributed by atoms with van der Waals surface area (Å²) in [6, 6.07) is 7.24. The molecule has 1 heterocycles. The molecule has 1 N–H and O–H groups in total. The topological polar surface area (TPSA) is 72.2 Å². The average Bonchev–Trinajstić information content (AvgIpc) is 2.71. The molecule has 0 saturated carbocycles. The van der Waals surface area contributed by atoms with Crippen molar-refractivity contribution in [2.75, 3.05) is 6.54 Å². The molecule has 0 fully saturated rings. The average molecular weight is 282 g/mol. The molecule has 5 nitrogen and oxygen atoms in total. The predicted octanol–water partition coefficient (Wildman–Crippen LogP) is 2.29. The lowest BCUT2D eigenvalue weighted by Crippen LogP contribution is -2.27. The molecule has 0 spiro atoms. The van der Waals surface area contributed by atoms with Crippen LogP contribution in [0.3, 0.4) is 0 Å². The van der Waals surface area contributed by atoms with Gasteiger partial charge in [0.1, 0.15) is 11.4 Å². The van der Waals surface area contributed by atoms with E-state index in [1.807, 2.05) is 18.2 Å². The minimum Gasteiger partial charge on any atom is -0.356 e. The lowest BCUT2D eigenvalue weighted by Gasteiger charge is -2.07. The molecule has 0 bridgehead atoms. The summed E-state index contributed by atoms with van der Waals surface area (Å²) in [5, 5.41) is 4.58. The Hall–Kier alpha value is -1.40. The number of benzene rings is 1. The zero-order valence-electron chi connectivity index (χ0n) is 11.1. The first-order valence-electron chi connectivity index (χ1n) is 6.28. The number of nitrogens with one attached hydrogen (secondary N) is 1. The highest BCUT2D eigenvalue weighted by molar-refractivity contribution is 7.88. The molecule has 0 aliphatic heterocycles. The van der Waals surface area contributed by atoms with Crippen LogP contribution >= 0.6 is 0 Å². The quantitative estimate of drug-likeness (QED) is 0.882. The van der Waals surface area contributed by atoms with Gasteiger partial charge in [-0.1, -0.05) is 31.1 Å². The van der Waals surface area contributed by atoms with E-state index in [9.17, 15) is 8.42 Å². The van der Waals surface area contributed by atoms with Crippen LogP contribution in [0.25, 0.3) is 11.0 Å². The number of hydrogen-bond donors (Lipinski definition) is 1. The van der Waals surface area contributed by atoms with E-state index in [1.54, 1.807) is 6.07 Å². The van der Waals surface area contributed by atoms with Crippen LogP contribution in [0.15, 0.2) is 28.8 Å². The van der Waals surface area contributed by atoms with Crippen molar-refractivity contribution >= 4 is 21.0 Å². The summed E-state index contributed by atoms with van der Waals surface area (Å²) in [6.45, 7) is 4.56. The summed E-state index contributed by atoms with van der Waals surface area (Å²) < 4.78 is 31.5. The summed E-state index contributed by atoms with van der Waals surface area (Å²) >= 11 is 0. The van der Waals surface area contributed by atoms with E-state index < -0.39 is 10.0 Å². The fraction of sp³-hybridized carbons (Fsp3) is 0.462. The number of para-hydroxylation sites is 1. The molecular weight excluding hydrogens is 264 g/mol. The number of nitrogens with zero attached hydrogens (tertiary/aromatic N) is 1. The van der Waals surface area contributed by atoms with Crippen molar-refractivity contribution in [3.05, 3.63) is 30.0 Å². The van der Waals surface area contributed by atoms with Gasteiger partial charge in [0.25, 0.3) is 0 Å². The van der Waals surface area contributed by atoms with Crippen LogP contribution in [0, 0.1) is 5.92 Å². The van der Waals surface area contributed by atoms with Crippen LogP contribution in [-0.4, -0.2) is 20.1 Å². The maximum atomic E-state index is 11.9. The van der Waals surface area contributed by atoms with Gasteiger partial charge in [-0.25, -0.2) is 13.1 Å². The molecule has 2 rings (SSSR count). The second-order valence-corrected chi connectivity index (χ2v) is 6.77. The smallest absolute Gasteiger partial charge is 0.217 e. The van der Waals surface area contributed by atoms with Gasteiger partial charge >= 0.3 is 0 Å². The Labute approximate surface area is 113 Å². The Morgan fingerprint density at radius 1 is 1.32 bits per heavy atom. The SMILES string of the molecule is CC(C)CCNS(=O)(=O)Cc1noc2ccccc12. The van der Waals surface area contributed by atoms with Gasteiger partial charge in [-0.2, -0.15) is 0 Å². The number of fused-ring (bicyclic) bond motifs is 1. The van der Waals surface area contributed by atoms with Gasteiger partial charge in [-0.15, -0.1) is 0 Å².